The number of pyridine rings is 1. The average Bonchev–Trinajstić information content (AvgIpc) is 2.92. The molecule has 0 N–H and O–H groups in total. The minimum Gasteiger partial charge on any atom is -0.455 e. The lowest BCUT2D eigenvalue weighted by Gasteiger charge is -2.06. The Hall–Kier alpha value is -2.47. The lowest BCUT2D eigenvalue weighted by molar-refractivity contribution is 0.0473. The van der Waals surface area contributed by atoms with Gasteiger partial charge in [0.15, 0.2) is 0 Å². The highest BCUT2D eigenvalue weighted by molar-refractivity contribution is 7.12. The second kappa shape index (κ2) is 5.73. The molecule has 0 aliphatic heterocycles. The number of thiophene rings is 1. The van der Waals surface area contributed by atoms with Crippen molar-refractivity contribution < 1.29 is 9.53 Å². The quantitative estimate of drug-likeness (QED) is 0.697. The van der Waals surface area contributed by atoms with E-state index < -0.39 is 5.97 Å². The molecule has 0 aliphatic rings. The van der Waals surface area contributed by atoms with Gasteiger partial charge in [0.25, 0.3) is 5.56 Å². The van der Waals surface area contributed by atoms with Gasteiger partial charge in [0, 0.05) is 12.3 Å². The topological polar surface area (TPSA) is 60.7 Å². The van der Waals surface area contributed by atoms with Crippen LogP contribution >= 0.6 is 11.3 Å². The number of hydrogen-bond acceptors (Lipinski definition) is 5. The maximum absolute atomic E-state index is 12.1. The van der Waals surface area contributed by atoms with Crippen molar-refractivity contribution in [1.82, 2.24) is 9.38 Å². The third kappa shape index (κ3) is 2.78. The van der Waals surface area contributed by atoms with Gasteiger partial charge in [-0.3, -0.25) is 9.20 Å². The fourth-order valence-electron chi connectivity index (χ4n) is 2.12. The number of fused-ring (bicyclic) bond motifs is 1. The highest BCUT2D eigenvalue weighted by Gasteiger charge is 2.13. The molecule has 0 bridgehead atoms. The van der Waals surface area contributed by atoms with Crippen LogP contribution in [0.2, 0.25) is 0 Å². The van der Waals surface area contributed by atoms with Crippen LogP contribution in [0.1, 0.15) is 26.5 Å². The number of esters is 1. The number of aromatic nitrogens is 2. The summed E-state index contributed by atoms with van der Waals surface area (Å²) in [5.41, 5.74) is 2.65. The van der Waals surface area contributed by atoms with Gasteiger partial charge >= 0.3 is 5.97 Å². The molecule has 3 aromatic heterocycles. The van der Waals surface area contributed by atoms with Crippen molar-refractivity contribution in [3.63, 3.8) is 0 Å². The van der Waals surface area contributed by atoms with Crippen LogP contribution in [-0.2, 0) is 11.3 Å². The molecule has 22 heavy (non-hydrogen) atoms. The van der Waals surface area contributed by atoms with E-state index in [1.165, 1.54) is 21.8 Å². The molecule has 0 fully saturated rings. The van der Waals surface area contributed by atoms with Crippen molar-refractivity contribution >= 4 is 23.0 Å². The lowest BCUT2D eigenvalue weighted by atomic mass is 10.3. The van der Waals surface area contributed by atoms with Gasteiger partial charge < -0.3 is 4.74 Å². The minimum absolute atomic E-state index is 0.0181. The Morgan fingerprint density at radius 3 is 2.86 bits per heavy atom. The summed E-state index contributed by atoms with van der Waals surface area (Å²) in [6.07, 6.45) is 1.73. The van der Waals surface area contributed by atoms with E-state index in [1.54, 1.807) is 12.3 Å². The van der Waals surface area contributed by atoms with E-state index in [2.05, 4.69) is 4.98 Å². The molecule has 3 aromatic rings. The van der Waals surface area contributed by atoms with E-state index in [0.29, 0.717) is 16.2 Å². The second-order valence-corrected chi connectivity index (χ2v) is 5.95. The number of nitrogens with zero attached hydrogens (tertiary/aromatic N) is 2. The molecule has 0 radical (unpaired) electrons. The first kappa shape index (κ1) is 14.5. The summed E-state index contributed by atoms with van der Waals surface area (Å²) in [5, 5.41) is 1.84. The molecule has 0 spiro atoms. The highest BCUT2D eigenvalue weighted by atomic mass is 32.1. The number of aryl methyl sites for hydroxylation is 2. The van der Waals surface area contributed by atoms with E-state index in [1.807, 2.05) is 31.4 Å². The zero-order valence-electron chi connectivity index (χ0n) is 12.2. The summed E-state index contributed by atoms with van der Waals surface area (Å²) < 4.78 is 6.72. The van der Waals surface area contributed by atoms with Crippen molar-refractivity contribution in [3.05, 3.63) is 67.9 Å². The first-order chi connectivity index (χ1) is 10.5. The van der Waals surface area contributed by atoms with Crippen molar-refractivity contribution in [2.45, 2.75) is 20.5 Å². The Morgan fingerprint density at radius 1 is 1.32 bits per heavy atom. The summed E-state index contributed by atoms with van der Waals surface area (Å²) in [6, 6.07) is 6.91. The van der Waals surface area contributed by atoms with Crippen LogP contribution in [0.3, 0.4) is 0 Å². The van der Waals surface area contributed by atoms with Crippen LogP contribution in [0.25, 0.3) is 5.65 Å². The van der Waals surface area contributed by atoms with E-state index in [9.17, 15) is 9.59 Å². The fourth-order valence-corrected chi connectivity index (χ4v) is 2.94. The summed E-state index contributed by atoms with van der Waals surface area (Å²) in [6.45, 7) is 3.75. The predicted molar refractivity (Wildman–Crippen MR) is 84.4 cm³/mol. The number of ether oxygens (including phenoxy) is 1. The number of rotatable bonds is 3. The molecular weight excluding hydrogens is 300 g/mol. The van der Waals surface area contributed by atoms with Gasteiger partial charge in [-0.15, -0.1) is 11.3 Å². The first-order valence-corrected chi connectivity index (χ1v) is 7.63. The highest BCUT2D eigenvalue weighted by Crippen LogP contribution is 2.17. The van der Waals surface area contributed by atoms with E-state index in [-0.39, 0.29) is 12.2 Å². The maximum atomic E-state index is 12.1. The van der Waals surface area contributed by atoms with Gasteiger partial charge in [-0.25, -0.2) is 9.78 Å². The molecule has 0 atom stereocenters. The zero-order valence-corrected chi connectivity index (χ0v) is 13.0. The van der Waals surface area contributed by atoms with Gasteiger partial charge in [0.1, 0.15) is 17.1 Å². The molecule has 0 saturated carbocycles. The zero-order chi connectivity index (χ0) is 15.7. The molecule has 3 rings (SSSR count). The smallest absolute Gasteiger partial charge is 0.348 e. The summed E-state index contributed by atoms with van der Waals surface area (Å²) in [5.74, 6) is -0.390. The predicted octanol–water partition coefficient (Wildman–Crippen LogP) is 2.73. The van der Waals surface area contributed by atoms with E-state index in [0.717, 1.165) is 11.1 Å². The summed E-state index contributed by atoms with van der Waals surface area (Å²) in [7, 11) is 0. The monoisotopic (exact) mass is 314 g/mol. The number of hydrogen-bond donors (Lipinski definition) is 0. The standard InChI is InChI=1S/C16H14N2O3S/c1-10-3-4-13-17-12(7-14(19)18(13)8-10)9-21-16(20)15-11(2)5-6-22-15/h3-8H,9H2,1-2H3. The Kier molecular flexibility index (Phi) is 3.77. The molecule has 0 aromatic carbocycles. The Morgan fingerprint density at radius 2 is 2.14 bits per heavy atom. The third-order valence-corrected chi connectivity index (χ3v) is 4.26. The van der Waals surface area contributed by atoms with Crippen LogP contribution in [0.15, 0.2) is 40.6 Å². The van der Waals surface area contributed by atoms with Gasteiger partial charge in [0.2, 0.25) is 0 Å². The molecule has 0 aliphatic carbocycles. The normalized spacial score (nSPS) is 10.8. The largest absolute Gasteiger partial charge is 0.455 e. The molecule has 5 nitrogen and oxygen atoms in total. The van der Waals surface area contributed by atoms with Crippen LogP contribution in [-0.4, -0.2) is 15.4 Å². The summed E-state index contributed by atoms with van der Waals surface area (Å²) >= 11 is 1.34. The molecule has 0 unspecified atom stereocenters. The number of carbonyl (C=O) groups excluding carboxylic acids is 1. The van der Waals surface area contributed by atoms with Crippen LogP contribution in [0, 0.1) is 13.8 Å². The van der Waals surface area contributed by atoms with Crippen LogP contribution in [0.4, 0.5) is 0 Å². The van der Waals surface area contributed by atoms with Crippen molar-refractivity contribution in [3.8, 4) is 0 Å². The van der Waals surface area contributed by atoms with Crippen molar-refractivity contribution in [2.24, 2.45) is 0 Å². The molecule has 3 heterocycles. The second-order valence-electron chi connectivity index (χ2n) is 5.03. The average molecular weight is 314 g/mol. The van der Waals surface area contributed by atoms with Gasteiger partial charge in [-0.05, 0) is 42.5 Å². The van der Waals surface area contributed by atoms with Crippen molar-refractivity contribution in [1.29, 1.82) is 0 Å². The third-order valence-electron chi connectivity index (χ3n) is 3.26. The Labute approximate surface area is 130 Å². The summed E-state index contributed by atoms with van der Waals surface area (Å²) in [4.78, 5) is 29.0. The van der Waals surface area contributed by atoms with Crippen LogP contribution < -0.4 is 5.56 Å². The van der Waals surface area contributed by atoms with Gasteiger partial charge in [-0.2, -0.15) is 0 Å². The van der Waals surface area contributed by atoms with Crippen molar-refractivity contribution in [2.75, 3.05) is 0 Å². The van der Waals surface area contributed by atoms with Gasteiger partial charge in [0.05, 0.1) is 5.69 Å². The van der Waals surface area contributed by atoms with E-state index in [4.69, 9.17) is 4.74 Å². The molecule has 0 saturated heterocycles. The molecular formula is C16H14N2O3S. The van der Waals surface area contributed by atoms with Crippen LogP contribution in [0.5, 0.6) is 0 Å². The number of carbonyl (C=O) groups is 1. The van der Waals surface area contributed by atoms with E-state index >= 15 is 0 Å². The lowest BCUT2D eigenvalue weighted by Crippen LogP contribution is -2.16. The Balaban J connectivity index is 1.83. The molecule has 0 amide bonds. The maximum Gasteiger partial charge on any atom is 0.348 e. The first-order valence-electron chi connectivity index (χ1n) is 6.75. The Bertz CT molecular complexity index is 911. The SMILES string of the molecule is Cc1ccc2nc(COC(=O)c3sccc3C)cc(=O)n2c1. The molecule has 112 valence electrons. The fraction of sp³-hybridized carbons (Fsp3) is 0.188. The van der Waals surface area contributed by atoms with Gasteiger partial charge in [-0.1, -0.05) is 6.07 Å². The molecule has 6 heteroatoms. The minimum atomic E-state index is -0.390.